The average molecular weight is 263 g/mol. The summed E-state index contributed by atoms with van der Waals surface area (Å²) in [6, 6.07) is 7.17. The highest BCUT2D eigenvalue weighted by atomic mass is 16.5. The Labute approximate surface area is 114 Å². The maximum Gasteiger partial charge on any atom is 0.320 e. The van der Waals surface area contributed by atoms with Crippen LogP contribution in [-0.4, -0.2) is 35.7 Å². The van der Waals surface area contributed by atoms with Crippen LogP contribution in [0.2, 0.25) is 0 Å². The minimum Gasteiger partial charge on any atom is -0.497 e. The number of aliphatic carboxylic acids is 1. The van der Waals surface area contributed by atoms with Crippen LogP contribution in [-0.2, 0) is 11.3 Å². The molecule has 1 aromatic carbocycles. The van der Waals surface area contributed by atoms with Crippen molar-refractivity contribution in [3.8, 4) is 5.75 Å². The minimum atomic E-state index is -0.799. The number of rotatable bonds is 8. The Morgan fingerprint density at radius 2 is 2.32 bits per heavy atom. The summed E-state index contributed by atoms with van der Waals surface area (Å²) in [4.78, 5) is 13.2. The molecule has 1 aromatic rings. The highest BCUT2D eigenvalue weighted by Crippen LogP contribution is 2.16. The summed E-state index contributed by atoms with van der Waals surface area (Å²) in [5.41, 5.74) is 1.03. The zero-order valence-corrected chi connectivity index (χ0v) is 11.5. The van der Waals surface area contributed by atoms with E-state index < -0.39 is 12.0 Å². The normalized spacial score (nSPS) is 12.2. The molecule has 0 amide bonds. The van der Waals surface area contributed by atoms with Gasteiger partial charge >= 0.3 is 5.97 Å². The van der Waals surface area contributed by atoms with Crippen molar-refractivity contribution in [2.24, 2.45) is 0 Å². The van der Waals surface area contributed by atoms with E-state index in [4.69, 9.17) is 4.74 Å². The molecule has 0 aliphatic heterocycles. The predicted molar refractivity (Wildman–Crippen MR) is 75.3 cm³/mol. The molecule has 1 atom stereocenters. The molecule has 0 aliphatic carbocycles. The fraction of sp³-hybridized carbons (Fsp3) is 0.400. The molecule has 0 fully saturated rings. The lowest BCUT2D eigenvalue weighted by molar-refractivity contribution is -0.143. The third kappa shape index (κ3) is 4.41. The van der Waals surface area contributed by atoms with Crippen LogP contribution >= 0.6 is 0 Å². The van der Waals surface area contributed by atoms with Gasteiger partial charge in [-0.25, -0.2) is 0 Å². The van der Waals surface area contributed by atoms with Crippen LogP contribution < -0.4 is 4.74 Å². The number of nitrogens with zero attached hydrogens (tertiary/aromatic N) is 1. The van der Waals surface area contributed by atoms with Gasteiger partial charge in [-0.3, -0.25) is 9.69 Å². The van der Waals surface area contributed by atoms with Crippen molar-refractivity contribution < 1.29 is 14.6 Å². The van der Waals surface area contributed by atoms with Gasteiger partial charge in [-0.05, 0) is 24.1 Å². The van der Waals surface area contributed by atoms with Gasteiger partial charge in [0.25, 0.3) is 0 Å². The van der Waals surface area contributed by atoms with Gasteiger partial charge in [0.1, 0.15) is 11.8 Å². The molecule has 4 heteroatoms. The van der Waals surface area contributed by atoms with Crippen LogP contribution in [0.1, 0.15) is 18.9 Å². The van der Waals surface area contributed by atoms with Gasteiger partial charge in [0.15, 0.2) is 0 Å². The first-order chi connectivity index (χ1) is 9.12. The predicted octanol–water partition coefficient (Wildman–Crippen LogP) is 2.55. The number of carboxylic acids is 1. The first-order valence-electron chi connectivity index (χ1n) is 6.33. The van der Waals surface area contributed by atoms with E-state index in [0.717, 1.165) is 11.3 Å². The molecule has 0 spiro atoms. The molecular formula is C15H21NO3. The lowest BCUT2D eigenvalue weighted by Gasteiger charge is -2.27. The van der Waals surface area contributed by atoms with Gasteiger partial charge < -0.3 is 9.84 Å². The highest BCUT2D eigenvalue weighted by molar-refractivity contribution is 5.73. The van der Waals surface area contributed by atoms with Crippen LogP contribution in [0.5, 0.6) is 5.75 Å². The van der Waals surface area contributed by atoms with E-state index >= 15 is 0 Å². The summed E-state index contributed by atoms with van der Waals surface area (Å²) in [5.74, 6) is -0.0216. The first kappa shape index (κ1) is 15.2. The van der Waals surface area contributed by atoms with Crippen LogP contribution in [0.3, 0.4) is 0 Å². The van der Waals surface area contributed by atoms with E-state index in [1.165, 1.54) is 0 Å². The number of carbonyl (C=O) groups is 1. The maximum absolute atomic E-state index is 11.3. The Balaban J connectivity index is 2.87. The molecule has 0 saturated carbocycles. The monoisotopic (exact) mass is 263 g/mol. The van der Waals surface area contributed by atoms with E-state index in [0.29, 0.717) is 19.5 Å². The SMILES string of the molecule is C=CCN(Cc1cccc(OC)c1)C(CC)C(=O)O. The van der Waals surface area contributed by atoms with E-state index in [1.807, 2.05) is 36.1 Å². The second-order valence-corrected chi connectivity index (χ2v) is 4.33. The fourth-order valence-electron chi connectivity index (χ4n) is 2.06. The molecule has 104 valence electrons. The minimum absolute atomic E-state index is 0.496. The molecule has 0 aromatic heterocycles. The largest absolute Gasteiger partial charge is 0.497 e. The van der Waals surface area contributed by atoms with Gasteiger partial charge in [-0.15, -0.1) is 6.58 Å². The fourth-order valence-corrected chi connectivity index (χ4v) is 2.06. The van der Waals surface area contributed by atoms with Crippen molar-refractivity contribution in [2.45, 2.75) is 25.9 Å². The highest BCUT2D eigenvalue weighted by Gasteiger charge is 2.22. The number of methoxy groups -OCH3 is 1. The van der Waals surface area contributed by atoms with Gasteiger partial charge in [0.05, 0.1) is 7.11 Å². The Bertz CT molecular complexity index is 431. The smallest absolute Gasteiger partial charge is 0.320 e. The van der Waals surface area contributed by atoms with E-state index in [2.05, 4.69) is 6.58 Å². The average Bonchev–Trinajstić information content (AvgIpc) is 2.39. The summed E-state index contributed by atoms with van der Waals surface area (Å²) < 4.78 is 5.18. The standard InChI is InChI=1S/C15H21NO3/c1-4-9-16(14(5-2)15(17)18)11-12-7-6-8-13(10-12)19-3/h4,6-8,10,14H,1,5,9,11H2,2-3H3,(H,17,18). The maximum atomic E-state index is 11.3. The van der Waals surface area contributed by atoms with Crippen molar-refractivity contribution in [1.82, 2.24) is 4.90 Å². The second kappa shape index (κ2) is 7.59. The molecule has 0 aliphatic rings. The molecule has 19 heavy (non-hydrogen) atoms. The number of hydrogen-bond donors (Lipinski definition) is 1. The van der Waals surface area contributed by atoms with Crippen LogP contribution in [0, 0.1) is 0 Å². The zero-order chi connectivity index (χ0) is 14.3. The first-order valence-corrected chi connectivity index (χ1v) is 6.33. The Morgan fingerprint density at radius 1 is 1.58 bits per heavy atom. The Hall–Kier alpha value is -1.81. The Kier molecular flexibility index (Phi) is 6.09. The molecule has 0 bridgehead atoms. The van der Waals surface area contributed by atoms with Gasteiger partial charge in [-0.1, -0.05) is 25.1 Å². The van der Waals surface area contributed by atoms with Crippen molar-refractivity contribution in [3.63, 3.8) is 0 Å². The van der Waals surface area contributed by atoms with Crippen molar-refractivity contribution in [2.75, 3.05) is 13.7 Å². The molecule has 0 saturated heterocycles. The topological polar surface area (TPSA) is 49.8 Å². The number of ether oxygens (including phenoxy) is 1. The lowest BCUT2D eigenvalue weighted by Crippen LogP contribution is -2.40. The molecule has 1 unspecified atom stereocenters. The Morgan fingerprint density at radius 3 is 2.84 bits per heavy atom. The quantitative estimate of drug-likeness (QED) is 0.732. The van der Waals surface area contributed by atoms with Crippen LogP contribution in [0.15, 0.2) is 36.9 Å². The summed E-state index contributed by atoms with van der Waals surface area (Å²) in [6.45, 7) is 6.68. The van der Waals surface area contributed by atoms with Crippen molar-refractivity contribution in [3.05, 3.63) is 42.5 Å². The summed E-state index contributed by atoms with van der Waals surface area (Å²) >= 11 is 0. The van der Waals surface area contributed by atoms with E-state index in [1.54, 1.807) is 13.2 Å². The molecule has 1 rings (SSSR count). The van der Waals surface area contributed by atoms with Crippen LogP contribution in [0.25, 0.3) is 0 Å². The molecule has 0 radical (unpaired) electrons. The molecular weight excluding hydrogens is 242 g/mol. The summed E-state index contributed by atoms with van der Waals surface area (Å²) in [7, 11) is 1.62. The van der Waals surface area contributed by atoms with Crippen molar-refractivity contribution in [1.29, 1.82) is 0 Å². The lowest BCUT2D eigenvalue weighted by atomic mass is 10.1. The van der Waals surface area contributed by atoms with Crippen LogP contribution in [0.4, 0.5) is 0 Å². The van der Waals surface area contributed by atoms with E-state index in [9.17, 15) is 9.90 Å². The number of benzene rings is 1. The van der Waals surface area contributed by atoms with Gasteiger partial charge in [-0.2, -0.15) is 0 Å². The third-order valence-corrected chi connectivity index (χ3v) is 3.00. The molecule has 1 N–H and O–H groups in total. The van der Waals surface area contributed by atoms with Gasteiger partial charge in [0.2, 0.25) is 0 Å². The molecule has 4 nitrogen and oxygen atoms in total. The van der Waals surface area contributed by atoms with Crippen molar-refractivity contribution >= 4 is 5.97 Å². The zero-order valence-electron chi connectivity index (χ0n) is 11.5. The number of carboxylic acid groups (broad SMARTS) is 1. The third-order valence-electron chi connectivity index (χ3n) is 3.00. The van der Waals surface area contributed by atoms with Gasteiger partial charge in [0, 0.05) is 13.1 Å². The molecule has 0 heterocycles. The number of hydrogen-bond acceptors (Lipinski definition) is 3. The summed E-state index contributed by atoms with van der Waals surface area (Å²) in [5, 5.41) is 9.25. The second-order valence-electron chi connectivity index (χ2n) is 4.33. The van der Waals surface area contributed by atoms with E-state index in [-0.39, 0.29) is 0 Å². The summed E-state index contributed by atoms with van der Waals surface area (Å²) in [6.07, 6.45) is 2.29.